The molecule has 2 saturated heterocycles. The van der Waals surface area contributed by atoms with Crippen LogP contribution in [0.4, 0.5) is 0 Å². The van der Waals surface area contributed by atoms with Gasteiger partial charge in [0.2, 0.25) is 0 Å². The molecule has 0 aromatic carbocycles. The molecule has 6 rings (SSSR count). The fourth-order valence-corrected chi connectivity index (χ4v) is 7.36. The molecule has 2 spiro atoms. The van der Waals surface area contributed by atoms with Gasteiger partial charge in [0.15, 0.2) is 0 Å². The number of rotatable bonds is 1. The number of aliphatic hydroxyl groups excluding tert-OH is 1. The van der Waals surface area contributed by atoms with Gasteiger partial charge in [0.25, 0.3) is 0 Å². The van der Waals surface area contributed by atoms with Crippen LogP contribution in [-0.4, -0.2) is 47.7 Å². The lowest BCUT2D eigenvalue weighted by molar-refractivity contribution is -0.144. The van der Waals surface area contributed by atoms with Gasteiger partial charge in [-0.25, -0.2) is 0 Å². The summed E-state index contributed by atoms with van der Waals surface area (Å²) < 4.78 is 18.6. The summed E-state index contributed by atoms with van der Waals surface area (Å²) in [6, 6.07) is 0. The Morgan fingerprint density at radius 1 is 1.20 bits per heavy atom. The van der Waals surface area contributed by atoms with Gasteiger partial charge in [0.05, 0.1) is 18.6 Å². The Labute approximate surface area is 180 Å². The second kappa shape index (κ2) is 7.46. The van der Waals surface area contributed by atoms with Crippen molar-refractivity contribution >= 4 is 5.97 Å². The lowest BCUT2D eigenvalue weighted by atomic mass is 9.47. The summed E-state index contributed by atoms with van der Waals surface area (Å²) in [4.78, 5) is 11.7. The summed E-state index contributed by atoms with van der Waals surface area (Å²) in [6.07, 6.45) is 6.85. The van der Waals surface area contributed by atoms with Crippen LogP contribution >= 0.6 is 0 Å². The van der Waals surface area contributed by atoms with E-state index in [1.165, 1.54) is 24.0 Å². The molecule has 6 aliphatic rings. The number of aliphatic hydroxyl groups is 1. The second-order valence-corrected chi connectivity index (χ2v) is 10.3. The number of ether oxygens (including phenoxy) is 3. The van der Waals surface area contributed by atoms with Crippen molar-refractivity contribution < 1.29 is 24.1 Å². The zero-order valence-electron chi connectivity index (χ0n) is 19.0. The first-order valence-corrected chi connectivity index (χ1v) is 11.7. The average Bonchev–Trinajstić information content (AvgIpc) is 3.62. The maximum Gasteiger partial charge on any atom is 0.310 e. The van der Waals surface area contributed by atoms with Crippen molar-refractivity contribution in [3.63, 3.8) is 0 Å². The molecule has 7 atom stereocenters. The molecule has 2 saturated carbocycles. The minimum Gasteiger partial charge on any atom is -0.461 e. The molecule has 4 fully saturated rings. The van der Waals surface area contributed by atoms with Crippen molar-refractivity contribution in [2.45, 2.75) is 89.6 Å². The highest BCUT2D eigenvalue weighted by Crippen LogP contribution is 2.79. The van der Waals surface area contributed by atoms with Crippen molar-refractivity contribution in [3.8, 4) is 0 Å². The number of cyclic esters (lactones) is 1. The van der Waals surface area contributed by atoms with Gasteiger partial charge in [-0.2, -0.15) is 0 Å². The summed E-state index contributed by atoms with van der Waals surface area (Å²) >= 11 is 0. The minimum atomic E-state index is -0.0705. The Balaban J connectivity index is 0.000000403. The molecule has 0 amide bonds. The molecule has 0 aromatic rings. The highest BCUT2D eigenvalue weighted by molar-refractivity contribution is 5.74. The number of esters is 1. The van der Waals surface area contributed by atoms with E-state index in [0.29, 0.717) is 37.1 Å². The maximum atomic E-state index is 11.7. The summed E-state index contributed by atoms with van der Waals surface area (Å²) in [5.41, 5.74) is 2.82. The topological polar surface area (TPSA) is 71.6 Å². The predicted molar refractivity (Wildman–Crippen MR) is 115 cm³/mol. The molecule has 0 bridgehead atoms. The molecular weight excluding hydrogens is 380 g/mol. The highest BCUT2D eigenvalue weighted by Gasteiger charge is 2.90. The van der Waals surface area contributed by atoms with E-state index < -0.39 is 0 Å². The number of carbonyl (C=O) groups excluding carboxylic acids is 1. The van der Waals surface area contributed by atoms with Crippen molar-refractivity contribution in [1.82, 2.24) is 0 Å². The van der Waals surface area contributed by atoms with Gasteiger partial charge in [-0.05, 0) is 62.4 Å². The molecule has 0 aromatic heterocycles. The first kappa shape index (κ1) is 22.0. The van der Waals surface area contributed by atoms with Gasteiger partial charge >= 0.3 is 5.97 Å². The zero-order chi connectivity index (χ0) is 21.9. The largest absolute Gasteiger partial charge is 0.461 e. The molecule has 168 valence electrons. The molecule has 3 aliphatic carbocycles. The zero-order valence-corrected chi connectivity index (χ0v) is 19.0. The van der Waals surface area contributed by atoms with Crippen LogP contribution < -0.4 is 0 Å². The van der Waals surface area contributed by atoms with E-state index in [0.717, 1.165) is 25.2 Å². The third-order valence-corrected chi connectivity index (χ3v) is 8.83. The number of fused-ring (bicyclic) bond motifs is 2. The molecule has 3 aliphatic heterocycles. The molecule has 0 radical (unpaired) electrons. The number of hydrogen-bond donors (Lipinski definition) is 1. The van der Waals surface area contributed by atoms with Crippen molar-refractivity contribution in [3.05, 3.63) is 24.3 Å². The summed E-state index contributed by atoms with van der Waals surface area (Å²) in [7, 11) is 0. The van der Waals surface area contributed by atoms with Crippen molar-refractivity contribution in [1.29, 1.82) is 0 Å². The smallest absolute Gasteiger partial charge is 0.310 e. The predicted octanol–water partition coefficient (Wildman–Crippen LogP) is 4.19. The molecule has 3 heterocycles. The lowest BCUT2D eigenvalue weighted by Gasteiger charge is -2.54. The standard InChI is InChI=1S/C21H28O4.C2H6O.C2H4/c1-11(2)13-6-17-21(25-17)19(3)5-4-12-7-18(22)23-10-14(12)15(19)8-16-20(21,9-13)24-16;1-2-3;1-2/h11,13,15-17H,4-10H2,1-3H3;3H,2H2,1H3;1-2H2/t13?,15?,16-,17-,19-,20-,21+;;/m0../s1. The molecule has 5 nitrogen and oxygen atoms in total. The molecule has 5 heteroatoms. The number of carbonyl (C=O) groups is 1. The van der Waals surface area contributed by atoms with E-state index >= 15 is 0 Å². The van der Waals surface area contributed by atoms with Crippen LogP contribution in [0.5, 0.6) is 0 Å². The molecule has 30 heavy (non-hydrogen) atoms. The Morgan fingerprint density at radius 3 is 2.57 bits per heavy atom. The Bertz CT molecular complexity index is 744. The van der Waals surface area contributed by atoms with Crippen LogP contribution in [0.15, 0.2) is 24.3 Å². The Hall–Kier alpha value is -1.17. The van der Waals surface area contributed by atoms with Crippen LogP contribution in [0.2, 0.25) is 0 Å². The third-order valence-electron chi connectivity index (χ3n) is 8.83. The van der Waals surface area contributed by atoms with E-state index in [1.54, 1.807) is 6.92 Å². The van der Waals surface area contributed by atoms with E-state index in [1.807, 2.05) is 0 Å². The number of hydrogen-bond acceptors (Lipinski definition) is 5. The van der Waals surface area contributed by atoms with Gasteiger partial charge in [0, 0.05) is 12.0 Å². The van der Waals surface area contributed by atoms with E-state index in [4.69, 9.17) is 19.3 Å². The Morgan fingerprint density at radius 2 is 1.90 bits per heavy atom. The monoisotopic (exact) mass is 418 g/mol. The van der Waals surface area contributed by atoms with Crippen LogP contribution in [0.1, 0.15) is 66.2 Å². The van der Waals surface area contributed by atoms with Crippen molar-refractivity contribution in [2.75, 3.05) is 13.2 Å². The van der Waals surface area contributed by atoms with Crippen LogP contribution in [0.25, 0.3) is 0 Å². The van der Waals surface area contributed by atoms with Crippen LogP contribution in [0, 0.1) is 23.2 Å². The fourth-order valence-electron chi connectivity index (χ4n) is 7.36. The van der Waals surface area contributed by atoms with Crippen molar-refractivity contribution in [2.24, 2.45) is 23.2 Å². The first-order valence-electron chi connectivity index (χ1n) is 11.7. The van der Waals surface area contributed by atoms with E-state index in [2.05, 4.69) is 33.9 Å². The quantitative estimate of drug-likeness (QED) is 0.393. The Kier molecular flexibility index (Phi) is 5.48. The van der Waals surface area contributed by atoms with Gasteiger partial charge in [0.1, 0.15) is 17.8 Å². The minimum absolute atomic E-state index is 0.0144. The van der Waals surface area contributed by atoms with Gasteiger partial charge in [-0.3, -0.25) is 4.79 Å². The molecular formula is C25H38O5. The summed E-state index contributed by atoms with van der Waals surface area (Å²) in [5, 5.41) is 7.57. The SMILES string of the molecule is C=C.CC(C)C1C[C@@H]2O[C@@]23[C@@]2(C)CCC4=C(COC(=O)C4)C2C[C@@H]2O[C@@]23C1.CCO. The van der Waals surface area contributed by atoms with Gasteiger partial charge in [-0.15, -0.1) is 13.2 Å². The average molecular weight is 419 g/mol. The lowest BCUT2D eigenvalue weighted by Crippen LogP contribution is -2.61. The normalized spacial score (nSPS) is 46.9. The first-order chi connectivity index (χ1) is 14.3. The molecule has 1 N–H and O–H groups in total. The van der Waals surface area contributed by atoms with E-state index in [-0.39, 0.29) is 29.2 Å². The third kappa shape index (κ3) is 2.74. The summed E-state index contributed by atoms with van der Waals surface area (Å²) in [6.45, 7) is 15.6. The number of epoxide rings is 2. The van der Waals surface area contributed by atoms with Crippen LogP contribution in [-0.2, 0) is 19.0 Å². The fraction of sp³-hybridized carbons (Fsp3) is 0.800. The van der Waals surface area contributed by atoms with Gasteiger partial charge in [-0.1, -0.05) is 26.3 Å². The molecule has 2 unspecified atom stereocenters. The maximum absolute atomic E-state index is 11.7. The highest BCUT2D eigenvalue weighted by atomic mass is 16.7. The second-order valence-electron chi connectivity index (χ2n) is 10.3. The van der Waals surface area contributed by atoms with Crippen LogP contribution in [0.3, 0.4) is 0 Å². The summed E-state index contributed by atoms with van der Waals surface area (Å²) in [5.74, 6) is 1.84. The van der Waals surface area contributed by atoms with Gasteiger partial charge < -0.3 is 19.3 Å². The van der Waals surface area contributed by atoms with E-state index in [9.17, 15) is 4.79 Å².